The van der Waals surface area contributed by atoms with Crippen LogP contribution in [-0.2, 0) is 12.8 Å². The number of urea groups is 1. The zero-order valence-electron chi connectivity index (χ0n) is 21.6. The highest BCUT2D eigenvalue weighted by molar-refractivity contribution is 5.72. The number of aryl methyl sites for hydroxylation is 1. The predicted molar refractivity (Wildman–Crippen MR) is 139 cm³/mol. The summed E-state index contributed by atoms with van der Waals surface area (Å²) >= 11 is 0. The van der Waals surface area contributed by atoms with Gasteiger partial charge in [0.15, 0.2) is 0 Å². The van der Waals surface area contributed by atoms with E-state index < -0.39 is 0 Å². The number of carbonyl (C=O) groups excluding carboxylic acids is 1. The van der Waals surface area contributed by atoms with Crippen molar-refractivity contribution in [2.24, 2.45) is 5.73 Å². The number of fused-ring (bicyclic) bond motifs is 1. The molecule has 3 aromatic rings. The highest BCUT2D eigenvalue weighted by Gasteiger charge is 2.20. The number of aromatic nitrogens is 2. The van der Waals surface area contributed by atoms with E-state index in [9.17, 15) is 10.1 Å². The van der Waals surface area contributed by atoms with Crippen LogP contribution in [0.3, 0.4) is 0 Å². The van der Waals surface area contributed by atoms with Gasteiger partial charge in [0.1, 0.15) is 11.8 Å². The largest absolute Gasteiger partial charge is 0.490 e. The van der Waals surface area contributed by atoms with E-state index in [1.54, 1.807) is 17.0 Å². The van der Waals surface area contributed by atoms with Crippen LogP contribution in [0.5, 0.6) is 5.75 Å². The Hall–Kier alpha value is -3.86. The van der Waals surface area contributed by atoms with E-state index >= 15 is 0 Å². The number of amides is 2. The molecule has 8 nitrogen and oxygen atoms in total. The Morgan fingerprint density at radius 2 is 1.89 bits per heavy atom. The van der Waals surface area contributed by atoms with Gasteiger partial charge in [0, 0.05) is 24.2 Å². The smallest absolute Gasteiger partial charge is 0.314 e. The average Bonchev–Trinajstić information content (AvgIpc) is 3.67. The molecule has 36 heavy (non-hydrogen) atoms. The molecule has 1 fully saturated rings. The van der Waals surface area contributed by atoms with Crippen LogP contribution >= 0.6 is 0 Å². The lowest BCUT2D eigenvalue weighted by Gasteiger charge is -2.11. The van der Waals surface area contributed by atoms with Gasteiger partial charge >= 0.3 is 6.03 Å². The number of likely N-dealkylation sites (tertiary alicyclic amines) is 1. The summed E-state index contributed by atoms with van der Waals surface area (Å²) in [6.07, 6.45) is 5.56. The fraction of sp³-hybridized carbons (Fsp3) is 0.429. The van der Waals surface area contributed by atoms with Crippen LogP contribution in [0, 0.1) is 11.3 Å². The number of nitriles is 1. The normalized spacial score (nSPS) is 13.7. The lowest BCUT2D eigenvalue weighted by molar-refractivity contribution is 0.218. The van der Waals surface area contributed by atoms with E-state index in [2.05, 4.69) is 22.3 Å². The van der Waals surface area contributed by atoms with E-state index in [1.807, 2.05) is 45.9 Å². The number of carbonyl (C=O) groups is 1. The van der Waals surface area contributed by atoms with Gasteiger partial charge in [-0.3, -0.25) is 0 Å². The first-order valence-electron chi connectivity index (χ1n) is 12.7. The molecule has 0 spiro atoms. The van der Waals surface area contributed by atoms with Crippen molar-refractivity contribution in [2.45, 2.75) is 65.9 Å². The zero-order valence-corrected chi connectivity index (χ0v) is 21.6. The van der Waals surface area contributed by atoms with Crippen LogP contribution in [0.2, 0.25) is 0 Å². The predicted octanol–water partition coefficient (Wildman–Crippen LogP) is 5.74. The SMILES string of the molecule is CC.CC(C)Oc1ccc(-c2nc(-c3cccc4c3CCC4)no2)cc1C#N.NC(=O)N1CCCC1. The summed E-state index contributed by atoms with van der Waals surface area (Å²) in [6, 6.07) is 13.5. The van der Waals surface area contributed by atoms with Crippen molar-refractivity contribution in [3.63, 3.8) is 0 Å². The molecule has 5 rings (SSSR count). The molecule has 2 amide bonds. The summed E-state index contributed by atoms with van der Waals surface area (Å²) in [4.78, 5) is 16.6. The topological polar surface area (TPSA) is 118 Å². The van der Waals surface area contributed by atoms with Crippen molar-refractivity contribution in [1.82, 2.24) is 15.0 Å². The van der Waals surface area contributed by atoms with Crippen molar-refractivity contribution in [3.8, 4) is 34.7 Å². The second-order valence-electron chi connectivity index (χ2n) is 8.74. The summed E-state index contributed by atoms with van der Waals surface area (Å²) < 4.78 is 11.1. The first kappa shape index (κ1) is 26.7. The maximum atomic E-state index is 10.3. The Balaban J connectivity index is 0.000000305. The molecular formula is C28H35N5O3. The molecular weight excluding hydrogens is 454 g/mol. The fourth-order valence-electron chi connectivity index (χ4n) is 4.32. The zero-order chi connectivity index (χ0) is 26.1. The monoisotopic (exact) mass is 489 g/mol. The Kier molecular flexibility index (Phi) is 9.46. The van der Waals surface area contributed by atoms with Gasteiger partial charge in [0.25, 0.3) is 5.89 Å². The minimum absolute atomic E-state index is 0.00290. The van der Waals surface area contributed by atoms with E-state index in [0.29, 0.717) is 28.6 Å². The third-order valence-corrected chi connectivity index (χ3v) is 5.94. The maximum Gasteiger partial charge on any atom is 0.314 e. The van der Waals surface area contributed by atoms with Gasteiger partial charge in [-0.05, 0) is 75.3 Å². The Morgan fingerprint density at radius 3 is 2.53 bits per heavy atom. The molecule has 1 aromatic heterocycles. The molecule has 8 heteroatoms. The lowest BCUT2D eigenvalue weighted by Crippen LogP contribution is -2.32. The van der Waals surface area contributed by atoms with E-state index in [4.69, 9.17) is 15.0 Å². The van der Waals surface area contributed by atoms with Crippen molar-refractivity contribution in [3.05, 3.63) is 53.1 Å². The Labute approximate surface area is 213 Å². The average molecular weight is 490 g/mol. The summed E-state index contributed by atoms with van der Waals surface area (Å²) in [5, 5.41) is 13.6. The van der Waals surface area contributed by atoms with Crippen LogP contribution in [0.15, 0.2) is 40.9 Å². The molecule has 2 heterocycles. The number of rotatable bonds is 4. The van der Waals surface area contributed by atoms with Gasteiger partial charge in [0.2, 0.25) is 5.82 Å². The standard InChI is InChI=1S/C21H19N3O2.C5H10N2O.C2H6/c1-13(2)25-19-10-9-15(11-16(19)12-22)21-23-20(24-26-21)18-8-4-6-14-5-3-7-17(14)18;6-5(8)7-3-1-2-4-7;1-2/h4,6,8-11,13H,3,5,7H2,1-2H3;1-4H2,(H2,6,8);1-2H3. The van der Waals surface area contributed by atoms with E-state index in [1.165, 1.54) is 17.5 Å². The van der Waals surface area contributed by atoms with Gasteiger partial charge in [-0.25, -0.2) is 4.79 Å². The van der Waals surface area contributed by atoms with Crippen LogP contribution < -0.4 is 10.5 Å². The number of hydrogen-bond donors (Lipinski definition) is 1. The van der Waals surface area contributed by atoms with Crippen LogP contribution in [0.1, 0.15) is 63.6 Å². The lowest BCUT2D eigenvalue weighted by atomic mass is 10.0. The second kappa shape index (κ2) is 12.7. The summed E-state index contributed by atoms with van der Waals surface area (Å²) in [6.45, 7) is 9.57. The van der Waals surface area contributed by atoms with Gasteiger partial charge in [-0.15, -0.1) is 0 Å². The van der Waals surface area contributed by atoms with Crippen LogP contribution in [-0.4, -0.2) is 40.3 Å². The molecule has 1 saturated heterocycles. The number of nitrogens with zero attached hydrogens (tertiary/aromatic N) is 4. The molecule has 0 radical (unpaired) electrons. The van der Waals surface area contributed by atoms with Gasteiger partial charge in [0.05, 0.1) is 11.7 Å². The van der Waals surface area contributed by atoms with Crippen molar-refractivity contribution >= 4 is 6.03 Å². The number of benzene rings is 2. The van der Waals surface area contributed by atoms with Gasteiger partial charge < -0.3 is 19.9 Å². The summed E-state index contributed by atoms with van der Waals surface area (Å²) in [5.74, 6) is 1.56. The third-order valence-electron chi connectivity index (χ3n) is 5.94. The van der Waals surface area contributed by atoms with E-state index in [0.717, 1.165) is 44.3 Å². The number of nitrogens with two attached hydrogens (primary N) is 1. The second-order valence-corrected chi connectivity index (χ2v) is 8.74. The van der Waals surface area contributed by atoms with E-state index in [-0.39, 0.29) is 12.1 Å². The summed E-state index contributed by atoms with van der Waals surface area (Å²) in [7, 11) is 0. The maximum absolute atomic E-state index is 10.3. The Morgan fingerprint density at radius 1 is 1.14 bits per heavy atom. The number of hydrogen-bond acceptors (Lipinski definition) is 6. The molecule has 1 aliphatic heterocycles. The van der Waals surface area contributed by atoms with Crippen molar-refractivity contribution in [2.75, 3.05) is 13.1 Å². The van der Waals surface area contributed by atoms with Crippen molar-refractivity contribution < 1.29 is 14.1 Å². The number of primary amides is 1. The number of ether oxygens (including phenoxy) is 1. The fourth-order valence-corrected chi connectivity index (χ4v) is 4.32. The Bertz CT molecular complexity index is 1210. The highest BCUT2D eigenvalue weighted by Crippen LogP contribution is 2.33. The molecule has 190 valence electrons. The highest BCUT2D eigenvalue weighted by atomic mass is 16.5. The van der Waals surface area contributed by atoms with Crippen LogP contribution in [0.25, 0.3) is 22.8 Å². The minimum Gasteiger partial charge on any atom is -0.490 e. The molecule has 2 aromatic carbocycles. The molecule has 0 saturated carbocycles. The van der Waals surface area contributed by atoms with Crippen LogP contribution in [0.4, 0.5) is 4.79 Å². The molecule has 0 bridgehead atoms. The van der Waals surface area contributed by atoms with Crippen molar-refractivity contribution in [1.29, 1.82) is 5.26 Å². The first-order valence-corrected chi connectivity index (χ1v) is 12.7. The molecule has 1 aliphatic carbocycles. The van der Waals surface area contributed by atoms with Gasteiger partial charge in [-0.2, -0.15) is 10.2 Å². The quantitative estimate of drug-likeness (QED) is 0.499. The molecule has 2 aliphatic rings. The molecule has 0 unspecified atom stereocenters. The molecule has 0 atom stereocenters. The first-order chi connectivity index (χ1) is 17.5. The minimum atomic E-state index is -0.275. The third kappa shape index (κ3) is 6.42. The molecule has 2 N–H and O–H groups in total. The van der Waals surface area contributed by atoms with Gasteiger partial charge in [-0.1, -0.05) is 37.2 Å². The summed E-state index contributed by atoms with van der Waals surface area (Å²) in [5.41, 5.74) is 9.88.